The number of hydrogen-bond acceptors (Lipinski definition) is 1. The maximum atomic E-state index is 12.6. The first kappa shape index (κ1) is 17.5. The largest absolute Gasteiger partial charge is 0.456 e. The number of rotatable bonds is 2. The summed E-state index contributed by atoms with van der Waals surface area (Å²) < 4.78 is 41.5. The highest BCUT2D eigenvalue weighted by Gasteiger charge is 2.31. The Labute approximate surface area is 144 Å². The van der Waals surface area contributed by atoms with Crippen molar-refractivity contribution in [1.29, 1.82) is 0 Å². The molecule has 2 aromatic rings. The SMILES string of the molecule is FC(F)(F)c1ccc(Oc2cccc(C(Cl)(Cl)Cl)c2)c(Cl)c1. The van der Waals surface area contributed by atoms with Crippen molar-refractivity contribution in [1.82, 2.24) is 0 Å². The van der Waals surface area contributed by atoms with Crippen LogP contribution in [-0.2, 0) is 9.97 Å². The van der Waals surface area contributed by atoms with Gasteiger partial charge in [0.1, 0.15) is 11.5 Å². The molecule has 0 N–H and O–H groups in total. The minimum absolute atomic E-state index is 0.0659. The normalized spacial score (nSPS) is 12.3. The zero-order valence-corrected chi connectivity index (χ0v) is 13.6. The first-order chi connectivity index (χ1) is 10.1. The summed E-state index contributed by atoms with van der Waals surface area (Å²) in [6, 6.07) is 8.98. The van der Waals surface area contributed by atoms with Gasteiger partial charge in [-0.2, -0.15) is 13.2 Å². The lowest BCUT2D eigenvalue weighted by molar-refractivity contribution is -0.137. The molecule has 0 saturated heterocycles. The maximum Gasteiger partial charge on any atom is 0.416 e. The molecule has 0 aliphatic heterocycles. The Morgan fingerprint density at radius 1 is 0.864 bits per heavy atom. The van der Waals surface area contributed by atoms with Gasteiger partial charge in [-0.1, -0.05) is 58.5 Å². The van der Waals surface area contributed by atoms with Crippen molar-refractivity contribution in [3.63, 3.8) is 0 Å². The van der Waals surface area contributed by atoms with Crippen LogP contribution < -0.4 is 4.74 Å². The third-order valence-electron chi connectivity index (χ3n) is 2.65. The molecule has 2 aromatic carbocycles. The molecule has 118 valence electrons. The van der Waals surface area contributed by atoms with Gasteiger partial charge in [0.25, 0.3) is 0 Å². The summed E-state index contributed by atoms with van der Waals surface area (Å²) in [5, 5.41) is -0.172. The fourth-order valence-electron chi connectivity index (χ4n) is 1.62. The lowest BCUT2D eigenvalue weighted by Crippen LogP contribution is -2.04. The first-order valence-corrected chi connectivity index (χ1v) is 7.30. The molecule has 0 aliphatic carbocycles. The van der Waals surface area contributed by atoms with Crippen LogP contribution in [0.25, 0.3) is 0 Å². The van der Waals surface area contributed by atoms with Crippen LogP contribution in [0.5, 0.6) is 11.5 Å². The highest BCUT2D eigenvalue weighted by Crippen LogP contribution is 2.41. The lowest BCUT2D eigenvalue weighted by atomic mass is 10.2. The minimum Gasteiger partial charge on any atom is -0.456 e. The Hall–Kier alpha value is -0.810. The molecule has 0 fully saturated rings. The van der Waals surface area contributed by atoms with E-state index in [1.807, 2.05) is 0 Å². The van der Waals surface area contributed by atoms with Gasteiger partial charge in [-0.25, -0.2) is 0 Å². The summed E-state index contributed by atoms with van der Waals surface area (Å²) >= 11 is 23.1. The van der Waals surface area contributed by atoms with Crippen LogP contribution in [-0.4, -0.2) is 0 Å². The maximum absolute atomic E-state index is 12.6. The predicted octanol–water partition coefficient (Wildman–Crippen LogP) is 6.98. The van der Waals surface area contributed by atoms with Crippen LogP contribution >= 0.6 is 46.4 Å². The molecule has 0 aromatic heterocycles. The highest BCUT2D eigenvalue weighted by molar-refractivity contribution is 6.66. The topological polar surface area (TPSA) is 9.23 Å². The van der Waals surface area contributed by atoms with Crippen molar-refractivity contribution in [2.75, 3.05) is 0 Å². The Bertz CT molecular complexity index is 681. The van der Waals surface area contributed by atoms with Gasteiger partial charge in [-0.3, -0.25) is 0 Å². The average molecular weight is 390 g/mol. The van der Waals surface area contributed by atoms with E-state index in [9.17, 15) is 13.2 Å². The second-order valence-corrected chi connectivity index (χ2v) is 6.96. The van der Waals surface area contributed by atoms with Gasteiger partial charge in [0.05, 0.1) is 10.6 Å². The third kappa shape index (κ3) is 4.35. The smallest absolute Gasteiger partial charge is 0.416 e. The fourth-order valence-corrected chi connectivity index (χ4v) is 2.19. The molecule has 0 aliphatic rings. The number of hydrogen-bond donors (Lipinski definition) is 0. The Morgan fingerprint density at radius 2 is 1.55 bits per heavy atom. The summed E-state index contributed by atoms with van der Waals surface area (Å²) in [5.41, 5.74) is -0.502. The van der Waals surface area contributed by atoms with Crippen molar-refractivity contribution in [2.45, 2.75) is 9.97 Å². The molecule has 0 unspecified atom stereocenters. The Balaban J connectivity index is 2.28. The molecule has 8 heteroatoms. The molecular formula is C14H7Cl4F3O. The van der Waals surface area contributed by atoms with Crippen LogP contribution in [0.4, 0.5) is 13.2 Å². The van der Waals surface area contributed by atoms with E-state index >= 15 is 0 Å². The van der Waals surface area contributed by atoms with Gasteiger partial charge in [-0.05, 0) is 30.3 Å². The van der Waals surface area contributed by atoms with Crippen LogP contribution in [0, 0.1) is 0 Å². The van der Waals surface area contributed by atoms with Crippen LogP contribution in [0.1, 0.15) is 11.1 Å². The van der Waals surface area contributed by atoms with E-state index < -0.39 is 15.5 Å². The number of halogens is 7. The summed E-state index contributed by atoms with van der Waals surface area (Å²) in [4.78, 5) is 0. The van der Waals surface area contributed by atoms with Crippen molar-refractivity contribution in [2.24, 2.45) is 0 Å². The molecule has 0 radical (unpaired) electrons. The zero-order chi connectivity index (χ0) is 16.5. The Kier molecular flexibility index (Phi) is 5.07. The van der Waals surface area contributed by atoms with E-state index in [1.54, 1.807) is 18.2 Å². The fraction of sp³-hybridized carbons (Fsp3) is 0.143. The van der Waals surface area contributed by atoms with Crippen molar-refractivity contribution in [3.05, 3.63) is 58.6 Å². The molecule has 1 nitrogen and oxygen atoms in total. The van der Waals surface area contributed by atoms with Crippen molar-refractivity contribution >= 4 is 46.4 Å². The first-order valence-electron chi connectivity index (χ1n) is 5.79. The predicted molar refractivity (Wildman–Crippen MR) is 82.2 cm³/mol. The van der Waals surface area contributed by atoms with E-state index in [1.165, 1.54) is 6.07 Å². The second kappa shape index (κ2) is 6.36. The van der Waals surface area contributed by atoms with Gasteiger partial charge < -0.3 is 4.74 Å². The standard InChI is InChI=1S/C14H7Cl4F3O/c15-11-7-9(14(19,20)21)4-5-12(11)22-10-3-1-2-8(6-10)13(16,17)18/h1-7H. The van der Waals surface area contributed by atoms with Gasteiger partial charge in [0.15, 0.2) is 0 Å². The molecule has 0 amide bonds. The minimum atomic E-state index is -4.47. The van der Waals surface area contributed by atoms with Gasteiger partial charge in [0, 0.05) is 5.56 Å². The number of ether oxygens (including phenoxy) is 1. The quantitative estimate of drug-likeness (QED) is 0.503. The van der Waals surface area contributed by atoms with Crippen LogP contribution in [0.2, 0.25) is 5.02 Å². The van der Waals surface area contributed by atoms with Crippen molar-refractivity contribution in [3.8, 4) is 11.5 Å². The summed E-state index contributed by atoms with van der Waals surface area (Å²) in [6.45, 7) is 0. The van der Waals surface area contributed by atoms with E-state index in [-0.39, 0.29) is 16.5 Å². The third-order valence-corrected chi connectivity index (χ3v) is 3.60. The van der Waals surface area contributed by atoms with Gasteiger partial charge >= 0.3 is 6.18 Å². The van der Waals surface area contributed by atoms with E-state index in [2.05, 4.69) is 0 Å². The van der Waals surface area contributed by atoms with Crippen LogP contribution in [0.15, 0.2) is 42.5 Å². The summed E-state index contributed by atoms with van der Waals surface area (Å²) in [6.07, 6.45) is -4.47. The van der Waals surface area contributed by atoms with Crippen LogP contribution in [0.3, 0.4) is 0 Å². The summed E-state index contributed by atoms with van der Waals surface area (Å²) in [7, 11) is 0. The second-order valence-electron chi connectivity index (χ2n) is 4.27. The van der Waals surface area contributed by atoms with E-state index in [4.69, 9.17) is 51.1 Å². The van der Waals surface area contributed by atoms with E-state index in [0.29, 0.717) is 5.56 Å². The molecule has 22 heavy (non-hydrogen) atoms. The lowest BCUT2D eigenvalue weighted by Gasteiger charge is -2.14. The molecule has 2 rings (SSSR count). The molecular weight excluding hydrogens is 383 g/mol. The zero-order valence-electron chi connectivity index (χ0n) is 10.6. The average Bonchev–Trinajstić information content (AvgIpc) is 2.39. The van der Waals surface area contributed by atoms with Crippen molar-refractivity contribution < 1.29 is 17.9 Å². The monoisotopic (exact) mass is 388 g/mol. The molecule has 0 saturated carbocycles. The highest BCUT2D eigenvalue weighted by atomic mass is 35.6. The summed E-state index contributed by atoms with van der Waals surface area (Å²) in [5.74, 6) is 0.349. The molecule has 0 heterocycles. The van der Waals surface area contributed by atoms with Gasteiger partial charge in [0.2, 0.25) is 3.79 Å². The van der Waals surface area contributed by atoms with E-state index in [0.717, 1.165) is 18.2 Å². The van der Waals surface area contributed by atoms with Gasteiger partial charge in [-0.15, -0.1) is 0 Å². The molecule has 0 bridgehead atoms. The Morgan fingerprint density at radius 3 is 2.09 bits per heavy atom. The number of benzene rings is 2. The molecule has 0 spiro atoms. The number of alkyl halides is 6. The molecule has 0 atom stereocenters.